The van der Waals surface area contributed by atoms with Crippen LogP contribution < -0.4 is 10.6 Å². The van der Waals surface area contributed by atoms with Crippen LogP contribution >= 0.6 is 22.6 Å². The van der Waals surface area contributed by atoms with Gasteiger partial charge in [-0.15, -0.1) is 0 Å². The molecule has 0 saturated heterocycles. The summed E-state index contributed by atoms with van der Waals surface area (Å²) in [6, 6.07) is 0. The quantitative estimate of drug-likeness (QED) is 0.535. The van der Waals surface area contributed by atoms with Gasteiger partial charge >= 0.3 is 6.09 Å². The van der Waals surface area contributed by atoms with Crippen LogP contribution in [-0.4, -0.2) is 39.9 Å². The Bertz CT molecular complexity index is 614. The van der Waals surface area contributed by atoms with Crippen LogP contribution in [0.25, 0.3) is 11.0 Å². The minimum atomic E-state index is -0.609. The number of halogens is 1. The summed E-state index contributed by atoms with van der Waals surface area (Å²) >= 11 is 2.09. The molecule has 2 heterocycles. The van der Waals surface area contributed by atoms with Crippen LogP contribution in [0.5, 0.6) is 0 Å². The Morgan fingerprint density at radius 3 is 2.90 bits per heavy atom. The van der Waals surface area contributed by atoms with E-state index in [1.807, 2.05) is 0 Å². The lowest BCUT2D eigenvalue weighted by Crippen LogP contribution is -2.15. The molecule has 20 heavy (non-hydrogen) atoms. The van der Waals surface area contributed by atoms with Gasteiger partial charge in [-0.25, -0.2) is 9.78 Å². The number of carbonyl (C=O) groups is 1. The van der Waals surface area contributed by atoms with Crippen molar-refractivity contribution in [3.63, 3.8) is 0 Å². The molecule has 108 valence electrons. The Hall–Kier alpha value is -1.65. The zero-order chi connectivity index (χ0) is 14.5. The monoisotopic (exact) mass is 390 g/mol. The van der Waals surface area contributed by atoms with Gasteiger partial charge in [-0.3, -0.25) is 10.4 Å². The lowest BCUT2D eigenvalue weighted by molar-refractivity contribution is 0.186. The number of fused-ring (bicyclic) bond motifs is 1. The summed E-state index contributed by atoms with van der Waals surface area (Å²) in [6.45, 7) is 2.89. The summed E-state index contributed by atoms with van der Waals surface area (Å²) in [4.78, 5) is 19.8. The van der Waals surface area contributed by atoms with Crippen molar-refractivity contribution < 1.29 is 9.53 Å². The first kappa shape index (κ1) is 14.8. The van der Waals surface area contributed by atoms with E-state index in [0.29, 0.717) is 16.9 Å². The van der Waals surface area contributed by atoms with Crippen LogP contribution in [-0.2, 0) is 4.74 Å². The highest BCUT2D eigenvalue weighted by Gasteiger charge is 2.14. The van der Waals surface area contributed by atoms with E-state index in [0.717, 1.165) is 23.1 Å². The highest BCUT2D eigenvalue weighted by Crippen LogP contribution is 2.23. The second-order valence-electron chi connectivity index (χ2n) is 4.03. The van der Waals surface area contributed by atoms with Crippen molar-refractivity contribution in [2.24, 2.45) is 0 Å². The number of anilines is 2. The molecule has 2 aromatic heterocycles. The Morgan fingerprint density at radius 2 is 2.20 bits per heavy atom. The fraction of sp³-hybridized carbons (Fsp3) is 0.455. The molecule has 0 aliphatic rings. The molecule has 0 saturated carbocycles. The molecule has 0 aromatic carbocycles. The standard InChI is InChI=1S/C11H15IN6O2/c1-3-4-5-13-9-7-6(8(12)18-17-7)14-10(15-9)16-11(19)20-2/h3-5H2,1-2H3,(H,17,18)(H2,13,14,15,16,19). The predicted molar refractivity (Wildman–Crippen MR) is 83.8 cm³/mol. The van der Waals surface area contributed by atoms with Crippen molar-refractivity contribution >= 4 is 51.5 Å². The molecule has 3 N–H and O–H groups in total. The third kappa shape index (κ3) is 3.26. The summed E-state index contributed by atoms with van der Waals surface area (Å²) in [5.74, 6) is 0.775. The van der Waals surface area contributed by atoms with Gasteiger partial charge in [-0.2, -0.15) is 10.1 Å². The van der Waals surface area contributed by atoms with E-state index in [-0.39, 0.29) is 5.95 Å². The smallest absolute Gasteiger partial charge is 0.413 e. The maximum Gasteiger partial charge on any atom is 0.413 e. The minimum absolute atomic E-state index is 0.183. The van der Waals surface area contributed by atoms with E-state index >= 15 is 0 Å². The number of aromatic amines is 1. The number of ether oxygens (including phenoxy) is 1. The molecule has 9 heteroatoms. The van der Waals surface area contributed by atoms with E-state index < -0.39 is 6.09 Å². The summed E-state index contributed by atoms with van der Waals surface area (Å²) < 4.78 is 5.32. The highest BCUT2D eigenvalue weighted by molar-refractivity contribution is 14.1. The maximum absolute atomic E-state index is 11.3. The summed E-state index contributed by atoms with van der Waals surface area (Å²) in [5, 5.41) is 12.7. The van der Waals surface area contributed by atoms with Gasteiger partial charge in [-0.05, 0) is 29.0 Å². The third-order valence-corrected chi connectivity index (χ3v) is 3.33. The molecule has 0 aliphatic carbocycles. The van der Waals surface area contributed by atoms with Gasteiger partial charge in [0.2, 0.25) is 5.95 Å². The summed E-state index contributed by atoms with van der Waals surface area (Å²) in [7, 11) is 1.29. The molecule has 2 aromatic rings. The summed E-state index contributed by atoms with van der Waals surface area (Å²) in [5.41, 5.74) is 1.31. The molecule has 0 unspecified atom stereocenters. The average molecular weight is 390 g/mol. The molecular weight excluding hydrogens is 375 g/mol. The number of amides is 1. The SMILES string of the molecule is CCCCNc1nc(NC(=O)OC)nc2c(I)[nH]nc12. The Labute approximate surface area is 129 Å². The van der Waals surface area contributed by atoms with Crippen molar-refractivity contribution in [2.45, 2.75) is 19.8 Å². The minimum Gasteiger partial charge on any atom is -0.453 e. The first-order valence-electron chi connectivity index (χ1n) is 6.16. The van der Waals surface area contributed by atoms with Crippen molar-refractivity contribution in [1.82, 2.24) is 20.2 Å². The normalized spacial score (nSPS) is 10.6. The van der Waals surface area contributed by atoms with Crippen LogP contribution in [0, 0.1) is 3.70 Å². The largest absolute Gasteiger partial charge is 0.453 e. The van der Waals surface area contributed by atoms with Gasteiger partial charge < -0.3 is 10.1 Å². The number of unbranched alkanes of at least 4 members (excludes halogenated alkanes) is 1. The number of hydrogen-bond donors (Lipinski definition) is 3. The van der Waals surface area contributed by atoms with Gasteiger partial charge in [0.05, 0.1) is 7.11 Å². The van der Waals surface area contributed by atoms with Gasteiger partial charge in [0.25, 0.3) is 0 Å². The van der Waals surface area contributed by atoms with Crippen LogP contribution in [0.2, 0.25) is 0 Å². The first-order valence-corrected chi connectivity index (χ1v) is 7.24. The van der Waals surface area contributed by atoms with E-state index in [4.69, 9.17) is 0 Å². The molecule has 0 bridgehead atoms. The fourth-order valence-electron chi connectivity index (χ4n) is 1.58. The number of nitrogens with one attached hydrogen (secondary N) is 3. The van der Waals surface area contributed by atoms with E-state index in [1.54, 1.807) is 0 Å². The number of H-pyrrole nitrogens is 1. The van der Waals surface area contributed by atoms with Crippen LogP contribution in [0.4, 0.5) is 16.6 Å². The molecular formula is C11H15IN6O2. The number of methoxy groups -OCH3 is 1. The van der Waals surface area contributed by atoms with Crippen LogP contribution in [0.3, 0.4) is 0 Å². The summed E-state index contributed by atoms with van der Waals surface area (Å²) in [6.07, 6.45) is 1.49. The van der Waals surface area contributed by atoms with E-state index in [9.17, 15) is 4.79 Å². The Kier molecular flexibility index (Phi) is 4.93. The second-order valence-corrected chi connectivity index (χ2v) is 5.11. The molecule has 0 aliphatic heterocycles. The van der Waals surface area contributed by atoms with E-state index in [1.165, 1.54) is 7.11 Å². The van der Waals surface area contributed by atoms with Crippen molar-refractivity contribution in [3.05, 3.63) is 3.70 Å². The van der Waals surface area contributed by atoms with E-state index in [2.05, 4.69) is 65.1 Å². The number of nitrogens with zero attached hydrogens (tertiary/aromatic N) is 3. The molecule has 0 fully saturated rings. The number of hydrogen-bond acceptors (Lipinski definition) is 6. The lowest BCUT2D eigenvalue weighted by Gasteiger charge is -2.08. The van der Waals surface area contributed by atoms with Crippen molar-refractivity contribution in [2.75, 3.05) is 24.3 Å². The van der Waals surface area contributed by atoms with Gasteiger partial charge in [-0.1, -0.05) is 13.3 Å². The molecule has 0 atom stereocenters. The topological polar surface area (TPSA) is 105 Å². The van der Waals surface area contributed by atoms with Crippen molar-refractivity contribution in [1.29, 1.82) is 0 Å². The Morgan fingerprint density at radius 1 is 1.40 bits per heavy atom. The Balaban J connectivity index is 2.34. The molecule has 0 spiro atoms. The zero-order valence-electron chi connectivity index (χ0n) is 11.2. The van der Waals surface area contributed by atoms with Crippen molar-refractivity contribution in [3.8, 4) is 0 Å². The van der Waals surface area contributed by atoms with Crippen LogP contribution in [0.15, 0.2) is 0 Å². The average Bonchev–Trinajstić information content (AvgIpc) is 2.81. The second kappa shape index (κ2) is 6.68. The zero-order valence-corrected chi connectivity index (χ0v) is 13.3. The first-order chi connectivity index (χ1) is 9.65. The fourth-order valence-corrected chi connectivity index (χ4v) is 2.07. The van der Waals surface area contributed by atoms with Gasteiger partial charge in [0, 0.05) is 6.54 Å². The molecule has 8 nitrogen and oxygen atoms in total. The number of aromatic nitrogens is 4. The molecule has 1 amide bonds. The highest BCUT2D eigenvalue weighted by atomic mass is 127. The van der Waals surface area contributed by atoms with Crippen LogP contribution in [0.1, 0.15) is 19.8 Å². The van der Waals surface area contributed by atoms with Gasteiger partial charge in [0.15, 0.2) is 11.3 Å². The number of rotatable bonds is 5. The number of carbonyl (C=O) groups excluding carboxylic acids is 1. The molecule has 0 radical (unpaired) electrons. The predicted octanol–water partition coefficient (Wildman–Crippen LogP) is 2.35. The maximum atomic E-state index is 11.3. The lowest BCUT2D eigenvalue weighted by atomic mass is 10.3. The molecule has 2 rings (SSSR count). The van der Waals surface area contributed by atoms with Gasteiger partial charge in [0.1, 0.15) is 9.22 Å². The third-order valence-electron chi connectivity index (χ3n) is 2.58.